The van der Waals surface area contributed by atoms with Crippen LogP contribution in [0.2, 0.25) is 0 Å². The maximum atomic E-state index is 8.47. The third-order valence-corrected chi connectivity index (χ3v) is 1.14. The van der Waals surface area contributed by atoms with Crippen LogP contribution in [0.3, 0.4) is 0 Å². The van der Waals surface area contributed by atoms with E-state index in [2.05, 4.69) is 15.1 Å². The van der Waals surface area contributed by atoms with Crippen LogP contribution in [0.15, 0.2) is 22.0 Å². The minimum absolute atomic E-state index is 0.429. The van der Waals surface area contributed by atoms with E-state index in [9.17, 15) is 0 Å². The Balaban J connectivity index is 4.69. The summed E-state index contributed by atoms with van der Waals surface area (Å²) in [5.74, 6) is 0. The molecule has 0 unspecified atom stereocenters. The first-order valence-corrected chi connectivity index (χ1v) is 3.57. The molecule has 68 valence electrons. The topological polar surface area (TPSA) is 54.2 Å². The van der Waals surface area contributed by atoms with E-state index in [4.69, 9.17) is 5.21 Å². The van der Waals surface area contributed by atoms with Crippen LogP contribution in [-0.2, 0) is 4.84 Å². The lowest BCUT2D eigenvalue weighted by Gasteiger charge is -1.97. The molecule has 0 aromatic rings. The molecule has 0 bridgehead atoms. The first-order valence-electron chi connectivity index (χ1n) is 3.57. The largest absolute Gasteiger partial charge is 0.411 e. The average molecular weight is 170 g/mol. The summed E-state index contributed by atoms with van der Waals surface area (Å²) < 4.78 is 0. The van der Waals surface area contributed by atoms with Gasteiger partial charge in [0.1, 0.15) is 18.5 Å². The number of rotatable bonds is 3. The van der Waals surface area contributed by atoms with Crippen LogP contribution in [0.25, 0.3) is 0 Å². The van der Waals surface area contributed by atoms with Gasteiger partial charge in [-0.25, -0.2) is 0 Å². The Kier molecular flexibility index (Phi) is 4.76. The van der Waals surface area contributed by atoms with E-state index in [-0.39, 0.29) is 0 Å². The van der Waals surface area contributed by atoms with Crippen molar-refractivity contribution >= 4 is 11.4 Å². The van der Waals surface area contributed by atoms with Crippen molar-refractivity contribution in [1.82, 2.24) is 0 Å². The van der Waals surface area contributed by atoms with Gasteiger partial charge in [-0.15, -0.1) is 0 Å². The monoisotopic (exact) mass is 170 g/mol. The van der Waals surface area contributed by atoms with Gasteiger partial charge in [0.15, 0.2) is 0 Å². The highest BCUT2D eigenvalue weighted by molar-refractivity contribution is 6.45. The van der Waals surface area contributed by atoms with Crippen molar-refractivity contribution in [3.8, 4) is 0 Å². The Morgan fingerprint density at radius 3 is 2.25 bits per heavy atom. The molecule has 0 spiro atoms. The van der Waals surface area contributed by atoms with Crippen molar-refractivity contribution < 1.29 is 10.0 Å². The number of hydrogen-bond donors (Lipinski definition) is 1. The van der Waals surface area contributed by atoms with Crippen molar-refractivity contribution in [1.29, 1.82) is 0 Å². The van der Waals surface area contributed by atoms with E-state index in [0.717, 1.165) is 5.57 Å². The van der Waals surface area contributed by atoms with Gasteiger partial charge in [-0.2, -0.15) is 0 Å². The maximum Gasteiger partial charge on any atom is 0.127 e. The highest BCUT2D eigenvalue weighted by Crippen LogP contribution is 1.94. The molecule has 0 amide bonds. The standard InChI is InChI=1S/C8H14N2O2/c1-6(2)5-8(10-12-4)7(3)9-11/h5,11H,1-4H3. The quantitative estimate of drug-likeness (QED) is 0.399. The molecule has 0 rings (SSSR count). The molecule has 0 aliphatic rings. The Morgan fingerprint density at radius 2 is 1.92 bits per heavy atom. The molecule has 0 heterocycles. The third-order valence-electron chi connectivity index (χ3n) is 1.14. The highest BCUT2D eigenvalue weighted by Gasteiger charge is 2.00. The molecule has 12 heavy (non-hydrogen) atoms. The lowest BCUT2D eigenvalue weighted by atomic mass is 10.2. The molecule has 0 aliphatic carbocycles. The molecule has 0 aliphatic heterocycles. The molecular weight excluding hydrogens is 156 g/mol. The Bertz CT molecular complexity index is 225. The summed E-state index contributed by atoms with van der Waals surface area (Å²) in [6.07, 6.45) is 1.78. The summed E-state index contributed by atoms with van der Waals surface area (Å²) in [6, 6.07) is 0. The molecule has 1 N–H and O–H groups in total. The third kappa shape index (κ3) is 3.75. The van der Waals surface area contributed by atoms with Crippen molar-refractivity contribution in [3.63, 3.8) is 0 Å². The summed E-state index contributed by atoms with van der Waals surface area (Å²) in [7, 11) is 1.45. The van der Waals surface area contributed by atoms with Gasteiger partial charge in [-0.05, 0) is 26.8 Å². The maximum absolute atomic E-state index is 8.47. The zero-order chi connectivity index (χ0) is 9.56. The fraction of sp³-hybridized carbons (Fsp3) is 0.500. The minimum Gasteiger partial charge on any atom is -0.411 e. The van der Waals surface area contributed by atoms with Gasteiger partial charge < -0.3 is 10.0 Å². The van der Waals surface area contributed by atoms with E-state index in [1.165, 1.54) is 7.11 Å². The van der Waals surface area contributed by atoms with Crippen LogP contribution >= 0.6 is 0 Å². The van der Waals surface area contributed by atoms with Crippen molar-refractivity contribution in [3.05, 3.63) is 11.6 Å². The molecule has 0 saturated carbocycles. The first kappa shape index (κ1) is 10.7. The van der Waals surface area contributed by atoms with Gasteiger partial charge in [0, 0.05) is 0 Å². The second-order valence-corrected chi connectivity index (χ2v) is 2.57. The molecule has 0 aromatic carbocycles. The van der Waals surface area contributed by atoms with Crippen LogP contribution in [0.1, 0.15) is 20.8 Å². The Hall–Kier alpha value is -1.32. The number of oxime groups is 2. The van der Waals surface area contributed by atoms with Gasteiger partial charge in [0.2, 0.25) is 0 Å². The number of allylic oxidation sites excluding steroid dienone is 2. The first-order chi connectivity index (χ1) is 5.61. The van der Waals surface area contributed by atoms with Gasteiger partial charge in [0.05, 0.1) is 0 Å². The lowest BCUT2D eigenvalue weighted by Crippen LogP contribution is -2.08. The highest BCUT2D eigenvalue weighted by atomic mass is 16.6. The van der Waals surface area contributed by atoms with Gasteiger partial charge in [-0.3, -0.25) is 0 Å². The summed E-state index contributed by atoms with van der Waals surface area (Å²) >= 11 is 0. The summed E-state index contributed by atoms with van der Waals surface area (Å²) in [6.45, 7) is 5.50. The summed E-state index contributed by atoms with van der Waals surface area (Å²) in [5.41, 5.74) is 2.02. The van der Waals surface area contributed by atoms with Crippen LogP contribution < -0.4 is 0 Å². The van der Waals surface area contributed by atoms with Crippen molar-refractivity contribution in [2.45, 2.75) is 20.8 Å². The van der Waals surface area contributed by atoms with Crippen molar-refractivity contribution in [2.24, 2.45) is 10.3 Å². The Labute approximate surface area is 72.2 Å². The van der Waals surface area contributed by atoms with Gasteiger partial charge in [-0.1, -0.05) is 15.9 Å². The second-order valence-electron chi connectivity index (χ2n) is 2.57. The minimum atomic E-state index is 0.429. The van der Waals surface area contributed by atoms with Crippen molar-refractivity contribution in [2.75, 3.05) is 7.11 Å². The molecule has 0 radical (unpaired) electrons. The number of nitrogens with zero attached hydrogens (tertiary/aromatic N) is 2. The second kappa shape index (κ2) is 5.35. The smallest absolute Gasteiger partial charge is 0.127 e. The van der Waals surface area contributed by atoms with E-state index in [0.29, 0.717) is 11.4 Å². The summed E-state index contributed by atoms with van der Waals surface area (Å²) in [5, 5.41) is 15.2. The molecule has 4 nitrogen and oxygen atoms in total. The molecular formula is C8H14N2O2. The molecule has 0 atom stereocenters. The number of hydrogen-bond acceptors (Lipinski definition) is 4. The summed E-state index contributed by atoms with van der Waals surface area (Å²) in [4.78, 5) is 4.58. The van der Waals surface area contributed by atoms with Crippen LogP contribution in [-0.4, -0.2) is 23.7 Å². The molecule has 0 aromatic heterocycles. The molecule has 4 heteroatoms. The lowest BCUT2D eigenvalue weighted by molar-refractivity contribution is 0.214. The zero-order valence-corrected chi connectivity index (χ0v) is 7.83. The van der Waals surface area contributed by atoms with E-state index >= 15 is 0 Å². The SMILES string of the molecule is CON=C(C=C(C)C)C(C)=NO. The van der Waals surface area contributed by atoms with Crippen LogP contribution in [0, 0.1) is 0 Å². The fourth-order valence-corrected chi connectivity index (χ4v) is 0.620. The van der Waals surface area contributed by atoms with Crippen LogP contribution in [0.5, 0.6) is 0 Å². The predicted molar refractivity (Wildman–Crippen MR) is 48.8 cm³/mol. The van der Waals surface area contributed by atoms with Gasteiger partial charge >= 0.3 is 0 Å². The van der Waals surface area contributed by atoms with Gasteiger partial charge in [0.25, 0.3) is 0 Å². The molecule has 0 saturated heterocycles. The molecule has 0 fully saturated rings. The van der Waals surface area contributed by atoms with Crippen LogP contribution in [0.4, 0.5) is 0 Å². The average Bonchev–Trinajstić information content (AvgIpc) is 2.01. The van der Waals surface area contributed by atoms with E-state index < -0.39 is 0 Å². The van der Waals surface area contributed by atoms with E-state index in [1.54, 1.807) is 13.0 Å². The normalized spacial score (nSPS) is 12.7. The predicted octanol–water partition coefficient (Wildman–Crippen LogP) is 1.81. The fourth-order valence-electron chi connectivity index (χ4n) is 0.620. The zero-order valence-electron chi connectivity index (χ0n) is 7.83. The Morgan fingerprint density at radius 1 is 1.33 bits per heavy atom. The van der Waals surface area contributed by atoms with E-state index in [1.807, 2.05) is 13.8 Å².